The highest BCUT2D eigenvalue weighted by atomic mass is 79.9. The van der Waals surface area contributed by atoms with E-state index in [-0.39, 0.29) is 5.78 Å². The summed E-state index contributed by atoms with van der Waals surface area (Å²) in [7, 11) is -3.20. The second kappa shape index (κ2) is 6.81. The molecule has 1 aliphatic rings. The van der Waals surface area contributed by atoms with E-state index >= 15 is 0 Å². The van der Waals surface area contributed by atoms with Crippen molar-refractivity contribution >= 4 is 43.3 Å². The minimum atomic E-state index is -3.20. The summed E-state index contributed by atoms with van der Waals surface area (Å²) in [5.74, 6) is 1.34. The maximum Gasteiger partial charge on any atom is 0.179 e. The molecule has 0 aromatic heterocycles. The molecule has 1 aromatic rings. The molecule has 0 saturated carbocycles. The summed E-state index contributed by atoms with van der Waals surface area (Å²) in [5, 5.41) is -0.578. The van der Waals surface area contributed by atoms with Crippen molar-refractivity contribution in [2.24, 2.45) is 0 Å². The van der Waals surface area contributed by atoms with Gasteiger partial charge in [0, 0.05) is 34.3 Å². The molecular weight excluding hydrogens is 374 g/mol. The third kappa shape index (κ3) is 4.09. The van der Waals surface area contributed by atoms with Gasteiger partial charge in [-0.05, 0) is 19.1 Å². The summed E-state index contributed by atoms with van der Waals surface area (Å²) in [6.45, 7) is 2.41. The third-order valence-corrected chi connectivity index (χ3v) is 6.81. The third-order valence-electron chi connectivity index (χ3n) is 3.62. The fraction of sp³-hybridized carbons (Fsp3) is 0.500. The Labute approximate surface area is 138 Å². The van der Waals surface area contributed by atoms with Crippen LogP contribution in [-0.2, 0) is 9.84 Å². The molecular formula is C14H18BrNO3S2. The molecule has 21 heavy (non-hydrogen) atoms. The lowest BCUT2D eigenvalue weighted by Gasteiger charge is -2.37. The zero-order valence-corrected chi connectivity index (χ0v) is 15.2. The van der Waals surface area contributed by atoms with Crippen molar-refractivity contribution in [3.05, 3.63) is 34.3 Å². The van der Waals surface area contributed by atoms with E-state index in [9.17, 15) is 13.2 Å². The largest absolute Gasteiger partial charge is 0.292 e. The number of ketones is 1. The van der Waals surface area contributed by atoms with Gasteiger partial charge in [-0.2, -0.15) is 11.8 Å². The summed E-state index contributed by atoms with van der Waals surface area (Å²) in [4.78, 5) is 14.4. The zero-order chi connectivity index (χ0) is 15.6. The van der Waals surface area contributed by atoms with E-state index in [2.05, 4.69) is 15.9 Å². The van der Waals surface area contributed by atoms with Crippen LogP contribution < -0.4 is 0 Å². The average Bonchev–Trinajstić information content (AvgIpc) is 2.45. The minimum Gasteiger partial charge on any atom is -0.292 e. The van der Waals surface area contributed by atoms with Gasteiger partial charge in [0.2, 0.25) is 0 Å². The van der Waals surface area contributed by atoms with Crippen molar-refractivity contribution in [3.8, 4) is 0 Å². The summed E-state index contributed by atoms with van der Waals surface area (Å²) >= 11 is 4.96. The first kappa shape index (κ1) is 17.0. The number of rotatable bonds is 4. The predicted molar refractivity (Wildman–Crippen MR) is 90.6 cm³/mol. The van der Waals surface area contributed by atoms with Gasteiger partial charge in [-0.25, -0.2) is 8.42 Å². The van der Waals surface area contributed by atoms with Gasteiger partial charge >= 0.3 is 0 Å². The monoisotopic (exact) mass is 391 g/mol. The second-order valence-electron chi connectivity index (χ2n) is 5.14. The highest BCUT2D eigenvalue weighted by Gasteiger charge is 2.36. The maximum absolute atomic E-state index is 12.6. The summed E-state index contributed by atoms with van der Waals surface area (Å²) < 4.78 is 24.8. The SMILES string of the molecule is CC(C(=O)c1ccc(Br)cc1)N1CCSCC1S(C)(=O)=O. The molecule has 0 spiro atoms. The van der Waals surface area contributed by atoms with Crippen LogP contribution in [0.15, 0.2) is 28.7 Å². The molecule has 1 aliphatic heterocycles. The molecule has 2 atom stereocenters. The van der Waals surface area contributed by atoms with Gasteiger partial charge in [-0.15, -0.1) is 0 Å². The fourth-order valence-electron chi connectivity index (χ4n) is 2.41. The van der Waals surface area contributed by atoms with E-state index in [1.807, 2.05) is 17.0 Å². The van der Waals surface area contributed by atoms with Crippen LogP contribution >= 0.6 is 27.7 Å². The molecule has 0 aliphatic carbocycles. The summed E-state index contributed by atoms with van der Waals surface area (Å²) in [6, 6.07) is 6.72. The Balaban J connectivity index is 2.22. The molecule has 1 heterocycles. The molecule has 2 rings (SSSR count). The quantitative estimate of drug-likeness (QED) is 0.737. The molecule has 0 radical (unpaired) electrons. The summed E-state index contributed by atoms with van der Waals surface area (Å²) in [6.07, 6.45) is 1.24. The van der Waals surface area contributed by atoms with Crippen molar-refractivity contribution in [2.75, 3.05) is 24.3 Å². The number of carbonyl (C=O) groups is 1. The molecule has 7 heteroatoms. The van der Waals surface area contributed by atoms with Gasteiger partial charge in [0.1, 0.15) is 5.37 Å². The first-order valence-corrected chi connectivity index (χ1v) is 10.5. The van der Waals surface area contributed by atoms with E-state index in [0.29, 0.717) is 17.9 Å². The first-order valence-electron chi connectivity index (χ1n) is 6.63. The number of hydrogen-bond acceptors (Lipinski definition) is 5. The number of carbonyl (C=O) groups excluding carboxylic acids is 1. The van der Waals surface area contributed by atoms with Crippen LogP contribution in [-0.4, -0.2) is 54.8 Å². The Bertz CT molecular complexity index is 616. The molecule has 2 unspecified atom stereocenters. The molecule has 116 valence electrons. The standard InChI is InChI=1S/C14H18BrNO3S2/c1-10(14(17)11-3-5-12(15)6-4-11)16-7-8-20-9-13(16)21(2,18)19/h3-6,10,13H,7-9H2,1-2H3. The van der Waals surface area contributed by atoms with Gasteiger partial charge in [0.25, 0.3) is 0 Å². The van der Waals surface area contributed by atoms with Crippen LogP contribution in [0.25, 0.3) is 0 Å². The lowest BCUT2D eigenvalue weighted by atomic mass is 10.0. The van der Waals surface area contributed by atoms with Crippen LogP contribution in [0.1, 0.15) is 17.3 Å². The molecule has 1 saturated heterocycles. The Morgan fingerprint density at radius 2 is 2.00 bits per heavy atom. The number of Topliss-reactive ketones (excluding diaryl/α,β-unsaturated/α-hetero) is 1. The molecule has 4 nitrogen and oxygen atoms in total. The van der Waals surface area contributed by atoms with Crippen molar-refractivity contribution in [1.82, 2.24) is 4.90 Å². The number of benzene rings is 1. The van der Waals surface area contributed by atoms with Crippen LogP contribution in [0.3, 0.4) is 0 Å². The summed E-state index contributed by atoms with van der Waals surface area (Å²) in [5.41, 5.74) is 0.608. The van der Waals surface area contributed by atoms with E-state index in [0.717, 1.165) is 10.2 Å². The maximum atomic E-state index is 12.6. The van der Waals surface area contributed by atoms with E-state index in [1.165, 1.54) is 6.26 Å². The minimum absolute atomic E-state index is 0.0388. The Morgan fingerprint density at radius 1 is 1.38 bits per heavy atom. The zero-order valence-electron chi connectivity index (χ0n) is 12.0. The Kier molecular flexibility index (Phi) is 5.51. The van der Waals surface area contributed by atoms with E-state index < -0.39 is 21.3 Å². The fourth-order valence-corrected chi connectivity index (χ4v) is 5.63. The Hall–Kier alpha value is -0.370. The van der Waals surface area contributed by atoms with Crippen LogP contribution in [0.5, 0.6) is 0 Å². The topological polar surface area (TPSA) is 54.5 Å². The number of thioether (sulfide) groups is 1. The number of sulfone groups is 1. The molecule has 0 N–H and O–H groups in total. The first-order chi connectivity index (χ1) is 9.80. The van der Waals surface area contributed by atoms with Crippen LogP contribution in [0.4, 0.5) is 0 Å². The van der Waals surface area contributed by atoms with E-state index in [4.69, 9.17) is 0 Å². The van der Waals surface area contributed by atoms with Crippen molar-refractivity contribution in [1.29, 1.82) is 0 Å². The van der Waals surface area contributed by atoms with Gasteiger partial charge in [-0.1, -0.05) is 28.1 Å². The molecule has 1 fully saturated rings. The average molecular weight is 392 g/mol. The smallest absolute Gasteiger partial charge is 0.179 e. The van der Waals surface area contributed by atoms with Crippen LogP contribution in [0.2, 0.25) is 0 Å². The molecule has 0 bridgehead atoms. The number of hydrogen-bond donors (Lipinski definition) is 0. The van der Waals surface area contributed by atoms with E-state index in [1.54, 1.807) is 30.8 Å². The van der Waals surface area contributed by atoms with Crippen molar-refractivity contribution < 1.29 is 13.2 Å². The van der Waals surface area contributed by atoms with Crippen molar-refractivity contribution in [2.45, 2.75) is 18.3 Å². The molecule has 0 amide bonds. The van der Waals surface area contributed by atoms with Gasteiger partial charge in [0.15, 0.2) is 15.6 Å². The normalized spacial score (nSPS) is 22.0. The lowest BCUT2D eigenvalue weighted by molar-refractivity contribution is 0.0833. The van der Waals surface area contributed by atoms with Gasteiger partial charge in [-0.3, -0.25) is 9.69 Å². The van der Waals surface area contributed by atoms with Crippen molar-refractivity contribution in [3.63, 3.8) is 0 Å². The lowest BCUT2D eigenvalue weighted by Crippen LogP contribution is -2.53. The second-order valence-corrected chi connectivity index (χ2v) is 9.41. The molecule has 1 aromatic carbocycles. The van der Waals surface area contributed by atoms with Crippen LogP contribution in [0, 0.1) is 0 Å². The Morgan fingerprint density at radius 3 is 2.57 bits per heavy atom. The van der Waals surface area contributed by atoms with Gasteiger partial charge in [0.05, 0.1) is 6.04 Å². The number of nitrogens with zero attached hydrogens (tertiary/aromatic N) is 1. The predicted octanol–water partition coefficient (Wildman–Crippen LogP) is 2.44. The van der Waals surface area contributed by atoms with Gasteiger partial charge < -0.3 is 0 Å². The highest BCUT2D eigenvalue weighted by Crippen LogP contribution is 2.24. The number of halogens is 1. The highest BCUT2D eigenvalue weighted by molar-refractivity contribution is 9.10.